The van der Waals surface area contributed by atoms with Crippen LogP contribution in [0.3, 0.4) is 0 Å². The van der Waals surface area contributed by atoms with Crippen molar-refractivity contribution in [3.8, 4) is 6.07 Å². The van der Waals surface area contributed by atoms with Crippen molar-refractivity contribution in [2.45, 2.75) is 11.8 Å². The van der Waals surface area contributed by atoms with Gasteiger partial charge in [-0.25, -0.2) is 0 Å². The van der Waals surface area contributed by atoms with Gasteiger partial charge in [0, 0.05) is 6.07 Å². The lowest BCUT2D eigenvalue weighted by atomic mass is 10.2. The SMILES string of the molecule is CC[S+]([O-])c1cc(C#N)ccc1N. The molecular formula is C9H10N2OS. The van der Waals surface area contributed by atoms with Gasteiger partial charge in [-0.05, 0) is 30.2 Å². The van der Waals surface area contributed by atoms with Crippen LogP contribution >= 0.6 is 0 Å². The standard InChI is InChI=1S/C9H10N2OS/c1-2-13(12)9-5-7(6-10)3-4-8(9)11/h3-5H,2,11H2,1H3. The maximum Gasteiger partial charge on any atom is 0.176 e. The zero-order valence-corrected chi connectivity index (χ0v) is 8.10. The number of nitrogen functional groups attached to an aromatic ring is 1. The zero-order valence-electron chi connectivity index (χ0n) is 7.28. The lowest BCUT2D eigenvalue weighted by Crippen LogP contribution is -2.07. The van der Waals surface area contributed by atoms with Gasteiger partial charge in [-0.15, -0.1) is 0 Å². The van der Waals surface area contributed by atoms with E-state index in [0.29, 0.717) is 21.9 Å². The number of benzene rings is 1. The molecule has 3 nitrogen and oxygen atoms in total. The molecule has 4 heteroatoms. The number of rotatable bonds is 2. The van der Waals surface area contributed by atoms with Crippen LogP contribution in [0.25, 0.3) is 0 Å². The predicted molar refractivity (Wildman–Crippen MR) is 52.5 cm³/mol. The second-order valence-electron chi connectivity index (χ2n) is 2.50. The van der Waals surface area contributed by atoms with Crippen molar-refractivity contribution in [2.24, 2.45) is 0 Å². The normalized spacial score (nSPS) is 12.1. The summed E-state index contributed by atoms with van der Waals surface area (Å²) >= 11 is -1.09. The van der Waals surface area contributed by atoms with Crippen molar-refractivity contribution in [2.75, 3.05) is 11.5 Å². The molecule has 1 unspecified atom stereocenters. The summed E-state index contributed by atoms with van der Waals surface area (Å²) in [5.74, 6) is 0.513. The van der Waals surface area contributed by atoms with Crippen LogP contribution in [0.1, 0.15) is 12.5 Å². The summed E-state index contributed by atoms with van der Waals surface area (Å²) in [6, 6.07) is 6.79. The lowest BCUT2D eigenvalue weighted by molar-refractivity contribution is 0.596. The second-order valence-corrected chi connectivity index (χ2v) is 4.21. The molecule has 0 heterocycles. The first-order valence-corrected chi connectivity index (χ1v) is 5.19. The van der Waals surface area contributed by atoms with Gasteiger partial charge in [-0.3, -0.25) is 0 Å². The molecule has 0 amide bonds. The van der Waals surface area contributed by atoms with Crippen molar-refractivity contribution in [3.63, 3.8) is 0 Å². The molecule has 2 N–H and O–H groups in total. The highest BCUT2D eigenvalue weighted by atomic mass is 32.2. The van der Waals surface area contributed by atoms with Crippen molar-refractivity contribution >= 4 is 16.9 Å². The van der Waals surface area contributed by atoms with Gasteiger partial charge >= 0.3 is 0 Å². The Hall–Kier alpha value is -1.18. The molecule has 0 saturated carbocycles. The van der Waals surface area contributed by atoms with E-state index < -0.39 is 11.2 Å². The van der Waals surface area contributed by atoms with E-state index in [2.05, 4.69) is 0 Å². The van der Waals surface area contributed by atoms with Crippen molar-refractivity contribution in [1.29, 1.82) is 5.26 Å². The van der Waals surface area contributed by atoms with Crippen LogP contribution in [0.15, 0.2) is 23.1 Å². The first kappa shape index (κ1) is 9.90. The number of hydrogen-bond donors (Lipinski definition) is 1. The van der Waals surface area contributed by atoms with E-state index in [9.17, 15) is 4.55 Å². The monoisotopic (exact) mass is 194 g/mol. The molecule has 1 rings (SSSR count). The molecule has 0 fully saturated rings. The summed E-state index contributed by atoms with van der Waals surface area (Å²) in [7, 11) is 0. The van der Waals surface area contributed by atoms with Crippen LogP contribution in [0.2, 0.25) is 0 Å². The van der Waals surface area contributed by atoms with Gasteiger partial charge in [0.2, 0.25) is 0 Å². The Kier molecular flexibility index (Phi) is 3.18. The van der Waals surface area contributed by atoms with Crippen molar-refractivity contribution in [3.05, 3.63) is 23.8 Å². The Morgan fingerprint density at radius 1 is 1.62 bits per heavy atom. The first-order valence-electron chi connectivity index (χ1n) is 3.87. The molecule has 13 heavy (non-hydrogen) atoms. The fourth-order valence-electron chi connectivity index (χ4n) is 0.957. The van der Waals surface area contributed by atoms with Crippen LogP contribution in [0.5, 0.6) is 0 Å². The fraction of sp³-hybridized carbons (Fsp3) is 0.222. The average molecular weight is 194 g/mol. The van der Waals surface area contributed by atoms with Crippen LogP contribution in [0.4, 0.5) is 5.69 Å². The minimum absolute atomic E-state index is 0.485. The summed E-state index contributed by atoms with van der Waals surface area (Å²) in [6.07, 6.45) is 0. The Morgan fingerprint density at radius 2 is 2.31 bits per heavy atom. The summed E-state index contributed by atoms with van der Waals surface area (Å²) < 4.78 is 11.4. The van der Waals surface area contributed by atoms with Crippen LogP contribution in [0, 0.1) is 11.3 Å². The van der Waals surface area contributed by atoms with Crippen LogP contribution in [-0.4, -0.2) is 10.3 Å². The topological polar surface area (TPSA) is 72.9 Å². The predicted octanol–water partition coefficient (Wildman–Crippen LogP) is 1.27. The highest BCUT2D eigenvalue weighted by Crippen LogP contribution is 2.20. The molecule has 0 spiro atoms. The van der Waals surface area contributed by atoms with Gasteiger partial charge in [0.05, 0.1) is 17.3 Å². The molecule has 0 radical (unpaired) electrons. The average Bonchev–Trinajstić information content (AvgIpc) is 2.17. The van der Waals surface area contributed by atoms with E-state index in [1.54, 1.807) is 18.2 Å². The molecule has 0 aliphatic heterocycles. The third-order valence-electron chi connectivity index (χ3n) is 1.65. The summed E-state index contributed by atoms with van der Waals surface area (Å²) in [5, 5.41) is 8.62. The minimum Gasteiger partial charge on any atom is -0.611 e. The molecular weight excluding hydrogens is 184 g/mol. The van der Waals surface area contributed by atoms with E-state index in [1.807, 2.05) is 13.0 Å². The molecule has 1 aromatic rings. The molecule has 68 valence electrons. The molecule has 0 aliphatic rings. The number of anilines is 1. The summed E-state index contributed by atoms with van der Waals surface area (Å²) in [5.41, 5.74) is 6.60. The Labute approximate surface area is 80.4 Å². The van der Waals surface area contributed by atoms with Crippen molar-refractivity contribution < 1.29 is 4.55 Å². The molecule has 0 saturated heterocycles. The molecule has 0 aliphatic carbocycles. The highest BCUT2D eigenvalue weighted by Gasteiger charge is 2.12. The van der Waals surface area contributed by atoms with Gasteiger partial charge in [0.1, 0.15) is 5.75 Å². The van der Waals surface area contributed by atoms with E-state index in [4.69, 9.17) is 11.0 Å². The quantitative estimate of drug-likeness (QED) is 0.569. The fourth-order valence-corrected chi connectivity index (χ4v) is 1.86. The third-order valence-corrected chi connectivity index (χ3v) is 3.02. The van der Waals surface area contributed by atoms with Gasteiger partial charge in [0.25, 0.3) is 0 Å². The highest BCUT2D eigenvalue weighted by molar-refractivity contribution is 7.91. The van der Waals surface area contributed by atoms with Gasteiger partial charge < -0.3 is 10.3 Å². The van der Waals surface area contributed by atoms with E-state index in [1.165, 1.54) is 0 Å². The Balaban J connectivity index is 3.12. The van der Waals surface area contributed by atoms with Crippen LogP contribution < -0.4 is 5.73 Å². The number of nitriles is 1. The molecule has 1 atom stereocenters. The number of nitrogens with two attached hydrogens (primary N) is 1. The second kappa shape index (κ2) is 4.17. The van der Waals surface area contributed by atoms with Gasteiger partial charge in [-0.1, -0.05) is 0 Å². The first-order chi connectivity index (χ1) is 6.19. The number of hydrogen-bond acceptors (Lipinski definition) is 3. The summed E-state index contributed by atoms with van der Waals surface area (Å²) in [6.45, 7) is 1.81. The minimum atomic E-state index is -1.09. The van der Waals surface area contributed by atoms with Gasteiger partial charge in [-0.2, -0.15) is 5.26 Å². The molecule has 0 aromatic heterocycles. The Morgan fingerprint density at radius 3 is 2.85 bits per heavy atom. The molecule has 1 aromatic carbocycles. The van der Waals surface area contributed by atoms with E-state index >= 15 is 0 Å². The molecule has 0 bridgehead atoms. The lowest BCUT2D eigenvalue weighted by Gasteiger charge is -2.09. The van der Waals surface area contributed by atoms with E-state index in [-0.39, 0.29) is 0 Å². The largest absolute Gasteiger partial charge is 0.611 e. The summed E-state index contributed by atoms with van der Waals surface area (Å²) in [4.78, 5) is 0.557. The zero-order chi connectivity index (χ0) is 9.84. The smallest absolute Gasteiger partial charge is 0.176 e. The third kappa shape index (κ3) is 2.14. The maximum atomic E-state index is 11.4. The maximum absolute atomic E-state index is 11.4. The van der Waals surface area contributed by atoms with E-state index in [0.717, 1.165) is 0 Å². The van der Waals surface area contributed by atoms with Gasteiger partial charge in [0.15, 0.2) is 4.90 Å². The van der Waals surface area contributed by atoms with Crippen molar-refractivity contribution in [1.82, 2.24) is 0 Å². The number of nitrogens with zero attached hydrogens (tertiary/aromatic N) is 1. The van der Waals surface area contributed by atoms with Crippen LogP contribution in [-0.2, 0) is 11.2 Å². The Bertz CT molecular complexity index is 346.